The lowest BCUT2D eigenvalue weighted by molar-refractivity contribution is -0.118. The third-order valence-electron chi connectivity index (χ3n) is 3.90. The largest absolute Gasteiger partial charge is 0.497 e. The zero-order valence-corrected chi connectivity index (χ0v) is 13.4. The number of carbonyl (C=O) groups excluding carboxylic acids is 1. The molecular weight excluding hydrogens is 304 g/mol. The molecule has 2 aliphatic heterocycles. The summed E-state index contributed by atoms with van der Waals surface area (Å²) in [6, 6.07) is 5.86. The van der Waals surface area contributed by atoms with E-state index in [0.29, 0.717) is 12.2 Å². The monoisotopic (exact) mass is 324 g/mol. The Hall–Kier alpha value is -1.72. The molecule has 0 aliphatic carbocycles. The summed E-state index contributed by atoms with van der Waals surface area (Å²) in [7, 11) is 1.62. The summed E-state index contributed by atoms with van der Waals surface area (Å²) in [4.78, 5) is 12.3. The second-order valence-electron chi connectivity index (χ2n) is 5.36. The number of ether oxygens (including phenoxy) is 2. The SMILES string of the molecule is COc1ccc2c(c1)C=C(C(=O)NC1CCNCC1)CO2.Cl. The third-order valence-corrected chi connectivity index (χ3v) is 3.90. The van der Waals surface area contributed by atoms with E-state index in [2.05, 4.69) is 10.6 Å². The lowest BCUT2D eigenvalue weighted by Crippen LogP contribution is -2.43. The molecule has 5 nitrogen and oxygen atoms in total. The van der Waals surface area contributed by atoms with E-state index in [1.807, 2.05) is 24.3 Å². The molecule has 22 heavy (non-hydrogen) atoms. The number of amides is 1. The van der Waals surface area contributed by atoms with Gasteiger partial charge in [-0.1, -0.05) is 0 Å². The number of hydrogen-bond donors (Lipinski definition) is 2. The Morgan fingerprint density at radius 1 is 1.36 bits per heavy atom. The summed E-state index contributed by atoms with van der Waals surface area (Å²) in [5, 5.41) is 6.38. The predicted molar refractivity (Wildman–Crippen MR) is 87.7 cm³/mol. The fraction of sp³-hybridized carbons (Fsp3) is 0.438. The number of benzene rings is 1. The molecule has 0 spiro atoms. The summed E-state index contributed by atoms with van der Waals surface area (Å²) in [5.74, 6) is 1.51. The van der Waals surface area contributed by atoms with Gasteiger partial charge in [-0.25, -0.2) is 0 Å². The van der Waals surface area contributed by atoms with Crippen LogP contribution in [0, 0.1) is 0 Å². The van der Waals surface area contributed by atoms with Crippen molar-refractivity contribution in [2.45, 2.75) is 18.9 Å². The second-order valence-corrected chi connectivity index (χ2v) is 5.36. The minimum atomic E-state index is -0.0321. The highest BCUT2D eigenvalue weighted by molar-refractivity contribution is 5.99. The summed E-state index contributed by atoms with van der Waals surface area (Å²) in [5.41, 5.74) is 1.55. The second kappa shape index (κ2) is 7.51. The first kappa shape index (κ1) is 16.6. The number of hydrogen-bond acceptors (Lipinski definition) is 4. The highest BCUT2D eigenvalue weighted by atomic mass is 35.5. The van der Waals surface area contributed by atoms with Crippen molar-refractivity contribution in [3.63, 3.8) is 0 Å². The molecule has 2 N–H and O–H groups in total. The molecule has 1 fully saturated rings. The zero-order valence-electron chi connectivity index (χ0n) is 12.6. The van der Waals surface area contributed by atoms with Gasteiger partial charge in [0.25, 0.3) is 5.91 Å². The Morgan fingerprint density at radius 2 is 2.14 bits per heavy atom. The molecular formula is C16H21ClN2O3. The maximum atomic E-state index is 12.3. The predicted octanol–water partition coefficient (Wildman–Crippen LogP) is 1.76. The molecule has 3 rings (SSSR count). The lowest BCUT2D eigenvalue weighted by atomic mass is 10.0. The van der Waals surface area contributed by atoms with Gasteiger partial charge in [0.05, 0.1) is 12.7 Å². The van der Waals surface area contributed by atoms with Crippen LogP contribution < -0.4 is 20.1 Å². The molecule has 2 heterocycles. The van der Waals surface area contributed by atoms with Crippen molar-refractivity contribution in [3.05, 3.63) is 29.3 Å². The van der Waals surface area contributed by atoms with Gasteiger partial charge in [-0.05, 0) is 50.2 Å². The smallest absolute Gasteiger partial charge is 0.250 e. The van der Waals surface area contributed by atoms with Gasteiger partial charge in [0.15, 0.2) is 0 Å². The van der Waals surface area contributed by atoms with Crippen LogP contribution in [0.4, 0.5) is 0 Å². The van der Waals surface area contributed by atoms with Gasteiger partial charge in [-0.15, -0.1) is 12.4 Å². The molecule has 0 aromatic heterocycles. The standard InChI is InChI=1S/C16H20N2O3.ClH/c1-20-14-2-3-15-11(9-14)8-12(10-21-15)16(19)18-13-4-6-17-7-5-13;/h2-3,8-9,13,17H,4-7,10H2,1H3,(H,18,19);1H. The number of fused-ring (bicyclic) bond motifs is 1. The fourth-order valence-corrected chi connectivity index (χ4v) is 2.66. The molecule has 0 bridgehead atoms. The Morgan fingerprint density at radius 3 is 2.86 bits per heavy atom. The van der Waals surface area contributed by atoms with Crippen LogP contribution >= 0.6 is 12.4 Å². The van der Waals surface area contributed by atoms with Crippen LogP contribution in [0.2, 0.25) is 0 Å². The molecule has 0 unspecified atom stereocenters. The highest BCUT2D eigenvalue weighted by Crippen LogP contribution is 2.29. The number of nitrogens with one attached hydrogen (secondary N) is 2. The first-order valence-corrected chi connectivity index (χ1v) is 7.29. The molecule has 0 atom stereocenters. The van der Waals surface area contributed by atoms with E-state index in [1.165, 1.54) is 0 Å². The highest BCUT2D eigenvalue weighted by Gasteiger charge is 2.21. The van der Waals surface area contributed by atoms with Gasteiger partial charge in [0.2, 0.25) is 0 Å². The van der Waals surface area contributed by atoms with E-state index in [9.17, 15) is 4.79 Å². The Kier molecular flexibility index (Phi) is 5.69. The average molecular weight is 325 g/mol. The average Bonchev–Trinajstić information content (AvgIpc) is 2.54. The lowest BCUT2D eigenvalue weighted by Gasteiger charge is -2.25. The molecule has 1 aromatic rings. The van der Waals surface area contributed by atoms with Crippen molar-refractivity contribution in [1.82, 2.24) is 10.6 Å². The van der Waals surface area contributed by atoms with Crippen molar-refractivity contribution in [2.75, 3.05) is 26.8 Å². The summed E-state index contributed by atoms with van der Waals surface area (Å²) in [6.45, 7) is 2.23. The Labute approximate surface area is 136 Å². The summed E-state index contributed by atoms with van der Waals surface area (Å²) in [6.07, 6.45) is 3.84. The van der Waals surface area contributed by atoms with E-state index in [0.717, 1.165) is 43.0 Å². The van der Waals surface area contributed by atoms with E-state index >= 15 is 0 Å². The zero-order chi connectivity index (χ0) is 14.7. The maximum Gasteiger partial charge on any atom is 0.250 e. The molecule has 6 heteroatoms. The van der Waals surface area contributed by atoms with Crippen LogP contribution in [0.1, 0.15) is 18.4 Å². The number of piperidine rings is 1. The van der Waals surface area contributed by atoms with Crippen molar-refractivity contribution >= 4 is 24.4 Å². The minimum absolute atomic E-state index is 0. The van der Waals surface area contributed by atoms with E-state index in [-0.39, 0.29) is 24.4 Å². The topological polar surface area (TPSA) is 59.6 Å². The summed E-state index contributed by atoms with van der Waals surface area (Å²) < 4.78 is 10.9. The fourth-order valence-electron chi connectivity index (χ4n) is 2.66. The summed E-state index contributed by atoms with van der Waals surface area (Å²) >= 11 is 0. The number of halogens is 1. The molecule has 1 amide bonds. The van der Waals surface area contributed by atoms with E-state index in [1.54, 1.807) is 7.11 Å². The maximum absolute atomic E-state index is 12.3. The number of methoxy groups -OCH3 is 1. The van der Waals surface area contributed by atoms with Crippen LogP contribution in [0.15, 0.2) is 23.8 Å². The number of rotatable bonds is 3. The van der Waals surface area contributed by atoms with Gasteiger partial charge in [-0.2, -0.15) is 0 Å². The Balaban J connectivity index is 0.00000176. The van der Waals surface area contributed by atoms with Gasteiger partial charge < -0.3 is 20.1 Å². The molecule has 1 saturated heterocycles. The van der Waals surface area contributed by atoms with Crippen LogP contribution in [0.5, 0.6) is 11.5 Å². The first-order chi connectivity index (χ1) is 10.3. The van der Waals surface area contributed by atoms with Crippen molar-refractivity contribution < 1.29 is 14.3 Å². The van der Waals surface area contributed by atoms with Gasteiger partial charge in [0, 0.05) is 11.6 Å². The van der Waals surface area contributed by atoms with Crippen LogP contribution in [0.3, 0.4) is 0 Å². The van der Waals surface area contributed by atoms with Crippen molar-refractivity contribution in [3.8, 4) is 11.5 Å². The van der Waals surface area contributed by atoms with Crippen LogP contribution in [0.25, 0.3) is 6.08 Å². The van der Waals surface area contributed by atoms with Crippen LogP contribution in [-0.4, -0.2) is 38.8 Å². The van der Waals surface area contributed by atoms with Crippen molar-refractivity contribution in [2.24, 2.45) is 0 Å². The molecule has 0 saturated carbocycles. The molecule has 120 valence electrons. The van der Waals surface area contributed by atoms with Gasteiger partial charge in [0.1, 0.15) is 18.1 Å². The van der Waals surface area contributed by atoms with E-state index < -0.39 is 0 Å². The van der Waals surface area contributed by atoms with Gasteiger partial charge in [-0.3, -0.25) is 4.79 Å². The number of carbonyl (C=O) groups is 1. The van der Waals surface area contributed by atoms with Crippen molar-refractivity contribution in [1.29, 1.82) is 0 Å². The molecule has 0 radical (unpaired) electrons. The quantitative estimate of drug-likeness (QED) is 0.889. The first-order valence-electron chi connectivity index (χ1n) is 7.29. The normalized spacial score (nSPS) is 17.4. The molecule has 2 aliphatic rings. The van der Waals surface area contributed by atoms with Crippen LogP contribution in [-0.2, 0) is 4.79 Å². The molecule has 1 aromatic carbocycles. The Bertz CT molecular complexity index is 569. The van der Waals surface area contributed by atoms with E-state index in [4.69, 9.17) is 9.47 Å². The minimum Gasteiger partial charge on any atom is -0.497 e. The third kappa shape index (κ3) is 3.72. The van der Waals surface area contributed by atoms with Gasteiger partial charge >= 0.3 is 0 Å².